The zero-order chi connectivity index (χ0) is 19.0. The normalized spacial score (nSPS) is 16.2. The highest BCUT2D eigenvalue weighted by Crippen LogP contribution is 2.32. The molecule has 1 amide bonds. The number of nitrogens with zero attached hydrogens (tertiary/aromatic N) is 3. The molecule has 2 heterocycles. The highest BCUT2D eigenvalue weighted by Gasteiger charge is 2.33. The van der Waals surface area contributed by atoms with E-state index in [1.165, 1.54) is 10.7 Å². The second-order valence-electron chi connectivity index (χ2n) is 6.30. The summed E-state index contributed by atoms with van der Waals surface area (Å²) in [5, 5.41) is 7.35. The first-order chi connectivity index (χ1) is 12.9. The monoisotopic (exact) mass is 372 g/mol. The topological polar surface area (TPSA) is 59.8 Å². The molecule has 0 unspecified atom stereocenters. The quantitative estimate of drug-likeness (QED) is 0.763. The summed E-state index contributed by atoms with van der Waals surface area (Å²) in [6.45, 7) is 0. The van der Waals surface area contributed by atoms with Gasteiger partial charge in [0.2, 0.25) is 0 Å². The summed E-state index contributed by atoms with van der Waals surface area (Å²) in [6.07, 6.45) is -0.369. The molecular weight excluding hydrogens is 357 g/mol. The molecule has 0 spiro atoms. The van der Waals surface area contributed by atoms with E-state index < -0.39 is 11.9 Å². The summed E-state index contributed by atoms with van der Waals surface area (Å²) in [4.78, 5) is 15.7. The molecule has 0 saturated heterocycles. The number of carbonyl (C=O) groups is 1. The highest BCUT2D eigenvalue weighted by atomic mass is 19.4. The number of nitrogens with one attached hydrogen (secondary N) is 1. The third-order valence-corrected chi connectivity index (χ3v) is 4.51. The van der Waals surface area contributed by atoms with E-state index in [4.69, 9.17) is 0 Å². The Morgan fingerprint density at radius 2 is 1.96 bits per heavy atom. The van der Waals surface area contributed by atoms with Crippen LogP contribution in [0.5, 0.6) is 0 Å². The van der Waals surface area contributed by atoms with Gasteiger partial charge in [0.05, 0.1) is 17.4 Å². The maximum absolute atomic E-state index is 12.9. The minimum atomic E-state index is -4.52. The molecule has 1 aliphatic carbocycles. The number of rotatable bonds is 3. The van der Waals surface area contributed by atoms with Crippen molar-refractivity contribution in [1.82, 2.24) is 20.1 Å². The molecule has 27 heavy (non-hydrogen) atoms. The third kappa shape index (κ3) is 3.42. The van der Waals surface area contributed by atoms with Crippen molar-refractivity contribution in [1.29, 1.82) is 0 Å². The molecule has 8 heteroatoms. The molecule has 138 valence electrons. The number of pyridine rings is 1. The SMILES string of the molecule is O=C(N[C@H]1CCc2nn(-c3ccnc(C(F)(F)F)c3)cc21)c1ccccc1. The van der Waals surface area contributed by atoms with Gasteiger partial charge in [0.1, 0.15) is 5.69 Å². The van der Waals surface area contributed by atoms with Crippen molar-refractivity contribution < 1.29 is 18.0 Å². The Hall–Kier alpha value is -3.16. The summed E-state index contributed by atoms with van der Waals surface area (Å²) in [7, 11) is 0. The first-order valence-corrected chi connectivity index (χ1v) is 8.40. The van der Waals surface area contributed by atoms with Gasteiger partial charge in [-0.1, -0.05) is 18.2 Å². The molecular formula is C19H15F3N4O. The van der Waals surface area contributed by atoms with Gasteiger partial charge >= 0.3 is 6.18 Å². The fourth-order valence-corrected chi connectivity index (χ4v) is 3.18. The molecule has 0 radical (unpaired) electrons. The van der Waals surface area contributed by atoms with Gasteiger partial charge in [-0.3, -0.25) is 9.78 Å². The first-order valence-electron chi connectivity index (χ1n) is 8.40. The lowest BCUT2D eigenvalue weighted by molar-refractivity contribution is -0.141. The molecule has 1 aromatic carbocycles. The Bertz CT molecular complexity index is 982. The van der Waals surface area contributed by atoms with Crippen LogP contribution in [0.4, 0.5) is 13.2 Å². The predicted molar refractivity (Wildman–Crippen MR) is 91.3 cm³/mol. The average molecular weight is 372 g/mol. The molecule has 1 aliphatic rings. The second-order valence-corrected chi connectivity index (χ2v) is 6.30. The molecule has 0 bridgehead atoms. The van der Waals surface area contributed by atoms with Gasteiger partial charge < -0.3 is 5.32 Å². The Labute approximate surface area is 152 Å². The van der Waals surface area contributed by atoms with Crippen molar-refractivity contribution in [3.8, 4) is 5.69 Å². The molecule has 4 rings (SSSR count). The van der Waals surface area contributed by atoms with Crippen molar-refractivity contribution in [3.05, 3.63) is 77.4 Å². The molecule has 0 aliphatic heterocycles. The fraction of sp³-hybridized carbons (Fsp3) is 0.211. The number of alkyl halides is 3. The van der Waals surface area contributed by atoms with Crippen LogP contribution in [0.15, 0.2) is 54.9 Å². The van der Waals surface area contributed by atoms with E-state index in [1.807, 2.05) is 6.07 Å². The molecule has 3 aromatic rings. The van der Waals surface area contributed by atoms with Crippen LogP contribution in [0.2, 0.25) is 0 Å². The first kappa shape index (κ1) is 17.3. The van der Waals surface area contributed by atoms with Crippen molar-refractivity contribution in [2.45, 2.75) is 25.1 Å². The summed E-state index contributed by atoms with van der Waals surface area (Å²) in [6, 6.07) is 11.1. The lowest BCUT2D eigenvalue weighted by Crippen LogP contribution is -2.27. The smallest absolute Gasteiger partial charge is 0.345 e. The van der Waals surface area contributed by atoms with Gasteiger partial charge in [0.15, 0.2) is 0 Å². The number of aromatic nitrogens is 3. The number of benzene rings is 1. The number of amides is 1. The van der Waals surface area contributed by atoms with Gasteiger partial charge in [-0.15, -0.1) is 0 Å². The zero-order valence-corrected chi connectivity index (χ0v) is 14.1. The molecule has 1 N–H and O–H groups in total. The summed E-state index contributed by atoms with van der Waals surface area (Å²) in [5.41, 5.74) is 1.47. The number of hydrogen-bond donors (Lipinski definition) is 1. The Kier molecular flexibility index (Phi) is 4.18. The average Bonchev–Trinajstić information content (AvgIpc) is 3.24. The molecule has 0 saturated carbocycles. The van der Waals surface area contributed by atoms with Gasteiger partial charge in [0.25, 0.3) is 5.91 Å². The maximum atomic E-state index is 12.9. The van der Waals surface area contributed by atoms with Crippen LogP contribution in [0.3, 0.4) is 0 Å². The van der Waals surface area contributed by atoms with Crippen LogP contribution in [0, 0.1) is 0 Å². The van der Waals surface area contributed by atoms with E-state index in [9.17, 15) is 18.0 Å². The molecule has 0 fully saturated rings. The van der Waals surface area contributed by atoms with E-state index in [0.29, 0.717) is 18.4 Å². The largest absolute Gasteiger partial charge is 0.433 e. The van der Waals surface area contributed by atoms with Crippen LogP contribution >= 0.6 is 0 Å². The minimum Gasteiger partial charge on any atom is -0.345 e. The summed E-state index contributed by atoms with van der Waals surface area (Å²) >= 11 is 0. The second kappa shape index (κ2) is 6.53. The summed E-state index contributed by atoms with van der Waals surface area (Å²) < 4.78 is 40.0. The van der Waals surface area contributed by atoms with Crippen molar-refractivity contribution >= 4 is 5.91 Å². The number of halogens is 3. The van der Waals surface area contributed by atoms with Gasteiger partial charge in [-0.05, 0) is 37.1 Å². The van der Waals surface area contributed by atoms with E-state index in [2.05, 4.69) is 15.4 Å². The maximum Gasteiger partial charge on any atom is 0.433 e. The zero-order valence-electron chi connectivity index (χ0n) is 14.1. The third-order valence-electron chi connectivity index (χ3n) is 4.51. The molecule has 1 atom stereocenters. The van der Waals surface area contributed by atoms with Gasteiger partial charge in [0, 0.05) is 23.5 Å². The number of carbonyl (C=O) groups excluding carboxylic acids is 1. The Morgan fingerprint density at radius 1 is 1.19 bits per heavy atom. The van der Waals surface area contributed by atoms with Crippen molar-refractivity contribution in [3.63, 3.8) is 0 Å². The number of aryl methyl sites for hydroxylation is 1. The van der Waals surface area contributed by atoms with Crippen molar-refractivity contribution in [2.24, 2.45) is 0 Å². The number of hydrogen-bond acceptors (Lipinski definition) is 3. The van der Waals surface area contributed by atoms with E-state index in [1.54, 1.807) is 30.5 Å². The lowest BCUT2D eigenvalue weighted by atomic mass is 10.1. The standard InChI is InChI=1S/C19H15F3N4O/c20-19(21,22)17-10-13(8-9-23-17)26-11-14-15(6-7-16(14)25-26)24-18(27)12-4-2-1-3-5-12/h1-5,8-11,15H,6-7H2,(H,24,27)/t15-/m0/s1. The fourth-order valence-electron chi connectivity index (χ4n) is 3.18. The van der Waals surface area contributed by atoms with E-state index in [0.717, 1.165) is 23.5 Å². The summed E-state index contributed by atoms with van der Waals surface area (Å²) in [5.74, 6) is -0.190. The van der Waals surface area contributed by atoms with Crippen LogP contribution < -0.4 is 5.32 Å². The molecule has 5 nitrogen and oxygen atoms in total. The van der Waals surface area contributed by atoms with Crippen LogP contribution in [0.1, 0.15) is 39.8 Å². The van der Waals surface area contributed by atoms with Crippen molar-refractivity contribution in [2.75, 3.05) is 0 Å². The Balaban J connectivity index is 1.58. The Morgan fingerprint density at radius 3 is 2.70 bits per heavy atom. The van der Waals surface area contributed by atoms with Gasteiger partial charge in [-0.2, -0.15) is 18.3 Å². The number of fused-ring (bicyclic) bond motifs is 1. The predicted octanol–water partition coefficient (Wildman–Crippen LogP) is 3.70. The highest BCUT2D eigenvalue weighted by molar-refractivity contribution is 5.94. The van der Waals surface area contributed by atoms with E-state index >= 15 is 0 Å². The van der Waals surface area contributed by atoms with E-state index in [-0.39, 0.29) is 17.6 Å². The van der Waals surface area contributed by atoms with Crippen LogP contribution in [-0.4, -0.2) is 20.7 Å². The lowest BCUT2D eigenvalue weighted by Gasteiger charge is -2.13. The van der Waals surface area contributed by atoms with Crippen LogP contribution in [-0.2, 0) is 12.6 Å². The minimum absolute atomic E-state index is 0.190. The van der Waals surface area contributed by atoms with Crippen LogP contribution in [0.25, 0.3) is 5.69 Å². The van der Waals surface area contributed by atoms with Gasteiger partial charge in [-0.25, -0.2) is 4.68 Å². The molecule has 2 aromatic heterocycles.